The molecule has 0 amide bonds. The van der Waals surface area contributed by atoms with E-state index in [0.717, 1.165) is 19.3 Å². The molecule has 0 heterocycles. The van der Waals surface area contributed by atoms with Crippen LogP contribution < -0.4 is 0 Å². The molecule has 0 aliphatic carbocycles. The minimum Gasteiger partial charge on any atom is -0.379 e. The number of unbranched alkanes of at least 4 members (excludes halogenated alkanes) is 1. The quantitative estimate of drug-likeness (QED) is 0.566. The molecule has 0 aliphatic rings. The molecule has 55 valence electrons. The van der Waals surface area contributed by atoms with Crippen LogP contribution in [0.15, 0.2) is 0 Å². The van der Waals surface area contributed by atoms with Crippen molar-refractivity contribution in [2.75, 3.05) is 7.11 Å². The molecule has 0 aromatic rings. The summed E-state index contributed by atoms with van der Waals surface area (Å²) >= 11 is 0. The molecule has 0 N–H and O–H groups in total. The van der Waals surface area contributed by atoms with E-state index in [1.54, 1.807) is 7.11 Å². The molecular weight excluding hydrogens is 112 g/mol. The zero-order chi connectivity index (χ0) is 7.33. The van der Waals surface area contributed by atoms with Gasteiger partial charge in [0.05, 0.1) is 5.60 Å². The standard InChI is InChI=1S/C8H17O/c1-5-6-7-8(2,3)9-4/h1,5-7H2,2-4H3. The van der Waals surface area contributed by atoms with Gasteiger partial charge < -0.3 is 4.74 Å². The Labute approximate surface area is 58.4 Å². The summed E-state index contributed by atoms with van der Waals surface area (Å²) in [6.07, 6.45) is 3.26. The van der Waals surface area contributed by atoms with E-state index in [0.29, 0.717) is 0 Å². The van der Waals surface area contributed by atoms with Crippen LogP contribution in [0.1, 0.15) is 33.1 Å². The highest BCUT2D eigenvalue weighted by Gasteiger charge is 2.13. The van der Waals surface area contributed by atoms with Crippen LogP contribution in [0.25, 0.3) is 0 Å². The maximum absolute atomic E-state index is 5.21. The van der Waals surface area contributed by atoms with E-state index in [2.05, 4.69) is 20.8 Å². The van der Waals surface area contributed by atoms with Gasteiger partial charge in [0.15, 0.2) is 0 Å². The van der Waals surface area contributed by atoms with Crippen molar-refractivity contribution < 1.29 is 4.74 Å². The van der Waals surface area contributed by atoms with E-state index in [4.69, 9.17) is 4.74 Å². The fourth-order valence-electron chi connectivity index (χ4n) is 0.653. The van der Waals surface area contributed by atoms with E-state index < -0.39 is 0 Å². The smallest absolute Gasteiger partial charge is 0.0622 e. The first kappa shape index (κ1) is 8.96. The van der Waals surface area contributed by atoms with Crippen molar-refractivity contribution in [2.24, 2.45) is 0 Å². The third-order valence-electron chi connectivity index (χ3n) is 1.58. The first-order chi connectivity index (χ1) is 4.12. The lowest BCUT2D eigenvalue weighted by atomic mass is 10.0. The molecule has 0 aromatic heterocycles. The number of rotatable bonds is 4. The Morgan fingerprint density at radius 1 is 1.44 bits per heavy atom. The van der Waals surface area contributed by atoms with Gasteiger partial charge >= 0.3 is 0 Å². The molecule has 0 spiro atoms. The third kappa shape index (κ3) is 4.46. The molecule has 0 saturated carbocycles. The summed E-state index contributed by atoms with van der Waals surface area (Å²) in [4.78, 5) is 0. The average Bonchev–Trinajstić information content (AvgIpc) is 1.84. The van der Waals surface area contributed by atoms with Gasteiger partial charge in [-0.1, -0.05) is 19.8 Å². The van der Waals surface area contributed by atoms with Gasteiger partial charge in [-0.2, -0.15) is 0 Å². The molecule has 0 aromatic carbocycles. The van der Waals surface area contributed by atoms with Crippen molar-refractivity contribution in [3.05, 3.63) is 6.92 Å². The van der Waals surface area contributed by atoms with Crippen LogP contribution in [0.2, 0.25) is 0 Å². The molecule has 0 rings (SSSR count). The summed E-state index contributed by atoms with van der Waals surface area (Å²) in [6.45, 7) is 7.97. The van der Waals surface area contributed by atoms with Crippen molar-refractivity contribution in [3.63, 3.8) is 0 Å². The fourth-order valence-corrected chi connectivity index (χ4v) is 0.653. The maximum atomic E-state index is 5.21. The molecule has 1 nitrogen and oxygen atoms in total. The van der Waals surface area contributed by atoms with Gasteiger partial charge in [0.1, 0.15) is 0 Å². The normalized spacial score (nSPS) is 12.0. The summed E-state index contributed by atoms with van der Waals surface area (Å²) in [7, 11) is 1.75. The van der Waals surface area contributed by atoms with Crippen LogP contribution in [0.3, 0.4) is 0 Å². The molecule has 0 aliphatic heterocycles. The van der Waals surface area contributed by atoms with Crippen molar-refractivity contribution in [1.82, 2.24) is 0 Å². The number of ether oxygens (including phenoxy) is 1. The molecule has 0 atom stereocenters. The van der Waals surface area contributed by atoms with Crippen molar-refractivity contribution in [2.45, 2.75) is 38.7 Å². The first-order valence-corrected chi connectivity index (χ1v) is 3.47. The van der Waals surface area contributed by atoms with Gasteiger partial charge in [0, 0.05) is 7.11 Å². The zero-order valence-electron chi connectivity index (χ0n) is 6.74. The maximum Gasteiger partial charge on any atom is 0.0622 e. The van der Waals surface area contributed by atoms with E-state index in [1.165, 1.54) is 0 Å². The molecule has 9 heavy (non-hydrogen) atoms. The Bertz CT molecular complexity index is 67.0. The lowest BCUT2D eigenvalue weighted by Crippen LogP contribution is -2.21. The molecule has 1 radical (unpaired) electrons. The molecule has 0 fully saturated rings. The van der Waals surface area contributed by atoms with Crippen molar-refractivity contribution in [3.8, 4) is 0 Å². The summed E-state index contributed by atoms with van der Waals surface area (Å²) in [5, 5.41) is 0. The lowest BCUT2D eigenvalue weighted by Gasteiger charge is -2.21. The average molecular weight is 129 g/mol. The monoisotopic (exact) mass is 129 g/mol. The minimum absolute atomic E-state index is 0.0533. The Morgan fingerprint density at radius 3 is 2.33 bits per heavy atom. The van der Waals surface area contributed by atoms with Crippen LogP contribution in [-0.4, -0.2) is 12.7 Å². The number of hydrogen-bond donors (Lipinski definition) is 0. The van der Waals surface area contributed by atoms with Crippen LogP contribution >= 0.6 is 0 Å². The van der Waals surface area contributed by atoms with Crippen LogP contribution in [0.5, 0.6) is 0 Å². The molecule has 0 unspecified atom stereocenters. The Hall–Kier alpha value is -0.0400. The van der Waals surface area contributed by atoms with Crippen molar-refractivity contribution >= 4 is 0 Å². The second kappa shape index (κ2) is 3.89. The van der Waals surface area contributed by atoms with Gasteiger partial charge in [-0.05, 0) is 20.3 Å². The first-order valence-electron chi connectivity index (χ1n) is 3.47. The van der Waals surface area contributed by atoms with Crippen LogP contribution in [-0.2, 0) is 4.74 Å². The van der Waals surface area contributed by atoms with Gasteiger partial charge in [-0.15, -0.1) is 0 Å². The van der Waals surface area contributed by atoms with Crippen LogP contribution in [0, 0.1) is 6.92 Å². The fraction of sp³-hybridized carbons (Fsp3) is 0.875. The Kier molecular flexibility index (Phi) is 3.87. The second-order valence-electron chi connectivity index (χ2n) is 2.92. The van der Waals surface area contributed by atoms with Crippen molar-refractivity contribution in [1.29, 1.82) is 0 Å². The highest BCUT2D eigenvalue weighted by molar-refractivity contribution is 4.67. The van der Waals surface area contributed by atoms with Gasteiger partial charge in [-0.3, -0.25) is 0 Å². The molecule has 0 saturated heterocycles. The highest BCUT2D eigenvalue weighted by Crippen LogP contribution is 2.15. The predicted octanol–water partition coefficient (Wildman–Crippen LogP) is 2.42. The van der Waals surface area contributed by atoms with E-state index in [-0.39, 0.29) is 5.60 Å². The molecule has 1 heteroatoms. The summed E-state index contributed by atoms with van der Waals surface area (Å²) in [5.74, 6) is 0. The topological polar surface area (TPSA) is 9.23 Å². The molecule has 0 bridgehead atoms. The highest BCUT2D eigenvalue weighted by atomic mass is 16.5. The summed E-state index contributed by atoms with van der Waals surface area (Å²) < 4.78 is 5.21. The predicted molar refractivity (Wildman–Crippen MR) is 40.3 cm³/mol. The van der Waals surface area contributed by atoms with Crippen LogP contribution in [0.4, 0.5) is 0 Å². The molecular formula is C8H17O. The minimum atomic E-state index is 0.0533. The Balaban J connectivity index is 3.33. The Morgan fingerprint density at radius 2 is 2.00 bits per heavy atom. The number of methoxy groups -OCH3 is 1. The second-order valence-corrected chi connectivity index (χ2v) is 2.92. The van der Waals surface area contributed by atoms with Gasteiger partial charge in [0.25, 0.3) is 0 Å². The van der Waals surface area contributed by atoms with E-state index >= 15 is 0 Å². The summed E-state index contributed by atoms with van der Waals surface area (Å²) in [6, 6.07) is 0. The SMILES string of the molecule is [CH2]CCCC(C)(C)OC. The summed E-state index contributed by atoms with van der Waals surface area (Å²) in [5.41, 5.74) is 0.0533. The van der Waals surface area contributed by atoms with Gasteiger partial charge in [-0.25, -0.2) is 0 Å². The zero-order valence-corrected chi connectivity index (χ0v) is 6.74. The van der Waals surface area contributed by atoms with E-state index in [9.17, 15) is 0 Å². The van der Waals surface area contributed by atoms with Gasteiger partial charge in [0.2, 0.25) is 0 Å². The largest absolute Gasteiger partial charge is 0.379 e. The lowest BCUT2D eigenvalue weighted by molar-refractivity contribution is 0.0141. The van der Waals surface area contributed by atoms with E-state index in [1.807, 2.05) is 0 Å². The number of hydrogen-bond acceptors (Lipinski definition) is 1. The third-order valence-corrected chi connectivity index (χ3v) is 1.58.